The molecule has 2 fully saturated rings. The molecular formula is C25H29N5O2S2. The van der Waals surface area contributed by atoms with Crippen molar-refractivity contribution in [1.29, 1.82) is 5.26 Å². The van der Waals surface area contributed by atoms with E-state index in [1.165, 1.54) is 17.8 Å². The maximum Gasteiger partial charge on any atom is 0.266 e. The van der Waals surface area contributed by atoms with Gasteiger partial charge in [0, 0.05) is 51.3 Å². The SMILES string of the molecule is CN(Cc1ccccc1C#N)C(=O)c1sc(C(=O)N2CCSCC2)cc1/N=C/N1CCCCC1. The highest BCUT2D eigenvalue weighted by molar-refractivity contribution is 7.99. The van der Waals surface area contributed by atoms with Gasteiger partial charge in [-0.3, -0.25) is 9.59 Å². The average molecular weight is 496 g/mol. The number of carbonyl (C=O) groups excluding carboxylic acids is 2. The molecule has 178 valence electrons. The van der Waals surface area contributed by atoms with E-state index >= 15 is 0 Å². The van der Waals surface area contributed by atoms with Gasteiger partial charge in [0.2, 0.25) is 0 Å². The summed E-state index contributed by atoms with van der Waals surface area (Å²) in [5, 5.41) is 9.39. The first-order chi connectivity index (χ1) is 16.6. The highest BCUT2D eigenvalue weighted by atomic mass is 32.2. The Labute approximate surface area is 209 Å². The summed E-state index contributed by atoms with van der Waals surface area (Å²) < 4.78 is 0. The van der Waals surface area contributed by atoms with Crippen LogP contribution < -0.4 is 0 Å². The lowest BCUT2D eigenvalue weighted by Crippen LogP contribution is -2.37. The molecule has 2 saturated heterocycles. The Hall–Kier alpha value is -2.83. The van der Waals surface area contributed by atoms with Crippen LogP contribution in [0.1, 0.15) is 49.7 Å². The van der Waals surface area contributed by atoms with Gasteiger partial charge in [-0.25, -0.2) is 4.99 Å². The molecule has 0 spiro atoms. The third-order valence-corrected chi connectivity index (χ3v) is 8.10. The summed E-state index contributed by atoms with van der Waals surface area (Å²) in [6, 6.07) is 11.2. The summed E-state index contributed by atoms with van der Waals surface area (Å²) in [5.74, 6) is 1.64. The Balaban J connectivity index is 1.59. The van der Waals surface area contributed by atoms with Crippen molar-refractivity contribution in [2.45, 2.75) is 25.8 Å². The van der Waals surface area contributed by atoms with E-state index in [-0.39, 0.29) is 11.8 Å². The van der Waals surface area contributed by atoms with Gasteiger partial charge in [0.15, 0.2) is 0 Å². The fourth-order valence-electron chi connectivity index (χ4n) is 4.10. The quantitative estimate of drug-likeness (QED) is 0.443. The fraction of sp³-hybridized carbons (Fsp3) is 0.440. The van der Waals surface area contributed by atoms with Crippen LogP contribution in [-0.2, 0) is 6.54 Å². The molecule has 0 unspecified atom stereocenters. The molecule has 3 heterocycles. The van der Waals surface area contributed by atoms with Crippen molar-refractivity contribution in [2.24, 2.45) is 4.99 Å². The third kappa shape index (κ3) is 5.80. The van der Waals surface area contributed by atoms with Gasteiger partial charge in [0.1, 0.15) is 4.88 Å². The first-order valence-corrected chi connectivity index (χ1v) is 13.6. The number of thioether (sulfide) groups is 1. The lowest BCUT2D eigenvalue weighted by atomic mass is 10.1. The topological polar surface area (TPSA) is 80.0 Å². The van der Waals surface area contributed by atoms with Crippen LogP contribution in [0.2, 0.25) is 0 Å². The third-order valence-electron chi connectivity index (χ3n) is 6.06. The van der Waals surface area contributed by atoms with E-state index in [0.717, 1.165) is 56.1 Å². The molecule has 2 aliphatic rings. The average Bonchev–Trinajstić information content (AvgIpc) is 3.32. The van der Waals surface area contributed by atoms with Crippen LogP contribution in [0, 0.1) is 11.3 Å². The summed E-state index contributed by atoms with van der Waals surface area (Å²) in [7, 11) is 1.72. The molecule has 9 heteroatoms. The number of nitrogens with zero attached hydrogens (tertiary/aromatic N) is 5. The number of carbonyl (C=O) groups is 2. The maximum absolute atomic E-state index is 13.5. The van der Waals surface area contributed by atoms with Crippen molar-refractivity contribution in [2.75, 3.05) is 44.7 Å². The normalized spacial score (nSPS) is 16.5. The number of benzene rings is 1. The van der Waals surface area contributed by atoms with Crippen molar-refractivity contribution in [3.8, 4) is 6.07 Å². The minimum absolute atomic E-state index is 0.0312. The van der Waals surface area contributed by atoms with Gasteiger partial charge in [-0.05, 0) is 37.0 Å². The van der Waals surface area contributed by atoms with E-state index in [2.05, 4.69) is 16.0 Å². The van der Waals surface area contributed by atoms with Crippen LogP contribution in [0.3, 0.4) is 0 Å². The van der Waals surface area contributed by atoms with Crippen molar-refractivity contribution < 1.29 is 9.59 Å². The van der Waals surface area contributed by atoms with Crippen LogP contribution >= 0.6 is 23.1 Å². The van der Waals surface area contributed by atoms with E-state index < -0.39 is 0 Å². The van der Waals surface area contributed by atoms with Gasteiger partial charge >= 0.3 is 0 Å². The Morgan fingerprint density at radius 2 is 1.88 bits per heavy atom. The van der Waals surface area contributed by atoms with Gasteiger partial charge in [0.05, 0.1) is 28.5 Å². The molecule has 0 saturated carbocycles. The van der Waals surface area contributed by atoms with E-state index in [4.69, 9.17) is 0 Å². The minimum Gasteiger partial charge on any atom is -0.363 e. The van der Waals surface area contributed by atoms with E-state index in [1.54, 1.807) is 24.1 Å². The predicted octanol–water partition coefficient (Wildman–Crippen LogP) is 4.23. The minimum atomic E-state index is -0.197. The summed E-state index contributed by atoms with van der Waals surface area (Å²) in [4.78, 5) is 37.9. The van der Waals surface area contributed by atoms with Crippen molar-refractivity contribution in [1.82, 2.24) is 14.7 Å². The molecular weight excluding hydrogens is 466 g/mol. The summed E-state index contributed by atoms with van der Waals surface area (Å²) >= 11 is 3.07. The zero-order valence-corrected chi connectivity index (χ0v) is 21.0. The molecule has 0 bridgehead atoms. The molecule has 0 radical (unpaired) electrons. The molecule has 7 nitrogen and oxygen atoms in total. The second-order valence-electron chi connectivity index (χ2n) is 8.50. The number of amides is 2. The Kier molecular flexibility index (Phi) is 8.25. The van der Waals surface area contributed by atoms with Gasteiger partial charge in [0.25, 0.3) is 11.8 Å². The van der Waals surface area contributed by atoms with Gasteiger partial charge < -0.3 is 14.7 Å². The van der Waals surface area contributed by atoms with Crippen LogP contribution in [0.15, 0.2) is 35.3 Å². The number of likely N-dealkylation sites (tertiary alicyclic amines) is 1. The summed E-state index contributed by atoms with van der Waals surface area (Å²) in [6.45, 7) is 3.67. The monoisotopic (exact) mass is 495 g/mol. The second-order valence-corrected chi connectivity index (χ2v) is 10.8. The van der Waals surface area contributed by atoms with Crippen LogP contribution in [0.4, 0.5) is 5.69 Å². The van der Waals surface area contributed by atoms with Crippen molar-refractivity contribution in [3.63, 3.8) is 0 Å². The molecule has 1 aromatic heterocycles. The molecule has 0 N–H and O–H groups in total. The number of thiophene rings is 1. The number of rotatable bonds is 6. The van der Waals surface area contributed by atoms with Gasteiger partial charge in [-0.2, -0.15) is 17.0 Å². The number of hydrogen-bond acceptors (Lipinski definition) is 6. The Morgan fingerprint density at radius 1 is 1.15 bits per heavy atom. The van der Waals surface area contributed by atoms with E-state index in [0.29, 0.717) is 27.5 Å². The van der Waals surface area contributed by atoms with Crippen LogP contribution in [-0.4, -0.2) is 77.6 Å². The highest BCUT2D eigenvalue weighted by Crippen LogP contribution is 2.32. The molecule has 2 amide bonds. The predicted molar refractivity (Wildman–Crippen MR) is 138 cm³/mol. The van der Waals surface area contributed by atoms with Gasteiger partial charge in [-0.1, -0.05) is 18.2 Å². The Bertz CT molecular complexity index is 1090. The molecule has 2 aliphatic heterocycles. The largest absolute Gasteiger partial charge is 0.363 e. The standard InChI is InChI=1S/C25H29N5O2S2/c1-28(17-20-8-4-3-7-19(20)16-26)25(32)23-21(27-18-29-9-5-2-6-10-29)15-22(34-23)24(31)30-11-13-33-14-12-30/h3-4,7-8,15,18H,2,5-6,9-14,17H2,1H3/b27-18+. The lowest BCUT2D eigenvalue weighted by Gasteiger charge is -2.25. The first kappa shape index (κ1) is 24.3. The molecule has 0 atom stereocenters. The molecule has 4 rings (SSSR count). The zero-order valence-electron chi connectivity index (χ0n) is 19.4. The van der Waals surface area contributed by atoms with Crippen molar-refractivity contribution in [3.05, 3.63) is 51.2 Å². The van der Waals surface area contributed by atoms with Crippen LogP contribution in [0.25, 0.3) is 0 Å². The van der Waals surface area contributed by atoms with Crippen LogP contribution in [0.5, 0.6) is 0 Å². The molecule has 0 aliphatic carbocycles. The fourth-order valence-corrected chi connectivity index (χ4v) is 6.07. The molecule has 2 aromatic rings. The summed E-state index contributed by atoms with van der Waals surface area (Å²) in [5.41, 5.74) is 1.88. The maximum atomic E-state index is 13.5. The number of nitriles is 1. The number of piperidine rings is 1. The second kappa shape index (κ2) is 11.5. The Morgan fingerprint density at radius 3 is 2.62 bits per heavy atom. The van der Waals surface area contributed by atoms with Crippen molar-refractivity contribution >= 4 is 46.9 Å². The molecule has 1 aromatic carbocycles. The number of hydrogen-bond donors (Lipinski definition) is 0. The first-order valence-electron chi connectivity index (χ1n) is 11.6. The van der Waals surface area contributed by atoms with Gasteiger partial charge in [-0.15, -0.1) is 11.3 Å². The summed E-state index contributed by atoms with van der Waals surface area (Å²) in [6.07, 6.45) is 5.32. The van der Waals surface area contributed by atoms with E-state index in [9.17, 15) is 14.9 Å². The molecule has 34 heavy (non-hydrogen) atoms. The zero-order chi connectivity index (χ0) is 23.9. The smallest absolute Gasteiger partial charge is 0.266 e. The number of aliphatic imine (C=N–C) groups is 1. The highest BCUT2D eigenvalue weighted by Gasteiger charge is 2.26. The lowest BCUT2D eigenvalue weighted by molar-refractivity contribution is 0.0775. The van der Waals surface area contributed by atoms with E-state index in [1.807, 2.05) is 41.2 Å².